The maximum Gasteiger partial charge on any atom is 0.337 e. The van der Waals surface area contributed by atoms with E-state index in [1.165, 1.54) is 6.26 Å². The number of carbonyl (C=O) groups excluding carboxylic acids is 1. The summed E-state index contributed by atoms with van der Waals surface area (Å²) < 4.78 is 10.6. The van der Waals surface area contributed by atoms with Crippen molar-refractivity contribution < 1.29 is 19.4 Å². The van der Waals surface area contributed by atoms with E-state index in [2.05, 4.69) is 6.92 Å². The van der Waals surface area contributed by atoms with Gasteiger partial charge in [0.25, 0.3) is 0 Å². The Hall–Kier alpha value is -1.03. The van der Waals surface area contributed by atoms with E-state index in [0.29, 0.717) is 11.5 Å². The van der Waals surface area contributed by atoms with Crippen molar-refractivity contribution in [2.24, 2.45) is 17.8 Å². The smallest absolute Gasteiger partial charge is 0.337 e. The van der Waals surface area contributed by atoms with E-state index >= 15 is 0 Å². The molecule has 4 atom stereocenters. The minimum Gasteiger partial charge on any atom is -0.472 e. The Morgan fingerprint density at radius 1 is 1.44 bits per heavy atom. The number of carbonyl (C=O) groups is 1. The van der Waals surface area contributed by atoms with Crippen molar-refractivity contribution in [3.05, 3.63) is 11.8 Å². The maximum atomic E-state index is 12.1. The van der Waals surface area contributed by atoms with Gasteiger partial charge in [0.15, 0.2) is 6.29 Å². The van der Waals surface area contributed by atoms with E-state index in [1.807, 2.05) is 20.8 Å². The Morgan fingerprint density at radius 3 is 2.72 bits per heavy atom. The summed E-state index contributed by atoms with van der Waals surface area (Å²) in [5, 5.41) is 9.86. The quantitative estimate of drug-likeness (QED) is 0.729. The Bertz CT molecular complexity index is 366. The molecule has 0 amide bonds. The van der Waals surface area contributed by atoms with E-state index < -0.39 is 11.9 Å². The third-order valence-corrected chi connectivity index (χ3v) is 3.75. The van der Waals surface area contributed by atoms with Crippen molar-refractivity contribution in [3.63, 3.8) is 0 Å². The number of hydrogen-bond donors (Lipinski definition) is 1. The molecular weight excluding hydrogens is 232 g/mol. The van der Waals surface area contributed by atoms with Gasteiger partial charge < -0.3 is 14.6 Å². The Balaban J connectivity index is 2.16. The maximum absolute atomic E-state index is 12.1. The number of esters is 1. The van der Waals surface area contributed by atoms with Crippen molar-refractivity contribution >= 4 is 5.97 Å². The third kappa shape index (κ3) is 2.53. The molecule has 2 rings (SSSR count). The van der Waals surface area contributed by atoms with Gasteiger partial charge >= 0.3 is 5.97 Å². The van der Waals surface area contributed by atoms with E-state index in [4.69, 9.17) is 9.47 Å². The molecule has 0 radical (unpaired) electrons. The zero-order chi connectivity index (χ0) is 13.5. The topological polar surface area (TPSA) is 55.8 Å². The fourth-order valence-electron chi connectivity index (χ4n) is 2.92. The fourth-order valence-corrected chi connectivity index (χ4v) is 2.92. The molecule has 0 aromatic carbocycles. The van der Waals surface area contributed by atoms with Crippen LogP contribution in [0, 0.1) is 17.8 Å². The van der Waals surface area contributed by atoms with Crippen LogP contribution in [-0.2, 0) is 14.3 Å². The monoisotopic (exact) mass is 254 g/mol. The minimum absolute atomic E-state index is 0.0116. The summed E-state index contributed by atoms with van der Waals surface area (Å²) in [6, 6.07) is 0. The van der Waals surface area contributed by atoms with Gasteiger partial charge in [0, 0.05) is 11.8 Å². The first kappa shape index (κ1) is 13.4. The molecule has 0 unspecified atom stereocenters. The van der Waals surface area contributed by atoms with Crippen LogP contribution in [0.2, 0.25) is 0 Å². The summed E-state index contributed by atoms with van der Waals surface area (Å²) in [5.74, 6) is 0.130. The number of ether oxygens (including phenoxy) is 2. The second-order valence-corrected chi connectivity index (χ2v) is 6.34. The van der Waals surface area contributed by atoms with Gasteiger partial charge in [-0.3, -0.25) is 0 Å². The largest absolute Gasteiger partial charge is 0.472 e. The van der Waals surface area contributed by atoms with Crippen LogP contribution < -0.4 is 0 Å². The van der Waals surface area contributed by atoms with Gasteiger partial charge in [0.2, 0.25) is 0 Å². The summed E-state index contributed by atoms with van der Waals surface area (Å²) in [5.41, 5.74) is 0.0674. The van der Waals surface area contributed by atoms with Crippen LogP contribution in [-0.4, -0.2) is 23.0 Å². The summed E-state index contributed by atoms with van der Waals surface area (Å²) >= 11 is 0. The minimum atomic E-state index is -0.793. The highest BCUT2D eigenvalue weighted by Crippen LogP contribution is 2.46. The zero-order valence-corrected chi connectivity index (χ0v) is 11.5. The zero-order valence-electron chi connectivity index (χ0n) is 11.5. The molecule has 1 fully saturated rings. The molecule has 1 saturated carbocycles. The van der Waals surface area contributed by atoms with Gasteiger partial charge in [-0.2, -0.15) is 0 Å². The molecule has 102 valence electrons. The number of rotatable bonds is 1. The fraction of sp³-hybridized carbons (Fsp3) is 0.786. The molecule has 0 spiro atoms. The SMILES string of the molecule is C[C@H]1CC[C@@H]2C(C(=O)OC(C)(C)C)=CO[C@@H](O)[C@@H]21. The van der Waals surface area contributed by atoms with Crippen LogP contribution in [0.5, 0.6) is 0 Å². The summed E-state index contributed by atoms with van der Waals surface area (Å²) in [6.45, 7) is 7.63. The first-order chi connectivity index (χ1) is 8.29. The van der Waals surface area contributed by atoms with Gasteiger partial charge in [-0.1, -0.05) is 6.92 Å². The molecule has 0 aromatic rings. The summed E-state index contributed by atoms with van der Waals surface area (Å²) in [7, 11) is 0. The number of fused-ring (bicyclic) bond motifs is 1. The third-order valence-electron chi connectivity index (χ3n) is 3.75. The van der Waals surface area contributed by atoms with Gasteiger partial charge in [0.05, 0.1) is 11.8 Å². The van der Waals surface area contributed by atoms with Crippen molar-refractivity contribution in [1.82, 2.24) is 0 Å². The van der Waals surface area contributed by atoms with Gasteiger partial charge in [0.1, 0.15) is 5.60 Å². The van der Waals surface area contributed by atoms with E-state index in [0.717, 1.165) is 12.8 Å². The molecule has 18 heavy (non-hydrogen) atoms. The van der Waals surface area contributed by atoms with Crippen LogP contribution in [0.3, 0.4) is 0 Å². The summed E-state index contributed by atoms with van der Waals surface area (Å²) in [4.78, 5) is 12.1. The van der Waals surface area contributed by atoms with Gasteiger partial charge in [-0.05, 0) is 39.5 Å². The highest BCUT2D eigenvalue weighted by Gasteiger charge is 2.46. The predicted molar refractivity (Wildman–Crippen MR) is 66.4 cm³/mol. The van der Waals surface area contributed by atoms with E-state index in [9.17, 15) is 9.90 Å². The van der Waals surface area contributed by atoms with Crippen LogP contribution in [0.25, 0.3) is 0 Å². The van der Waals surface area contributed by atoms with Crippen LogP contribution in [0.4, 0.5) is 0 Å². The molecule has 0 aromatic heterocycles. The molecule has 4 heteroatoms. The highest BCUT2D eigenvalue weighted by molar-refractivity contribution is 5.89. The lowest BCUT2D eigenvalue weighted by Crippen LogP contribution is -2.37. The normalized spacial score (nSPS) is 35.5. The average Bonchev–Trinajstić information content (AvgIpc) is 2.59. The second-order valence-electron chi connectivity index (χ2n) is 6.34. The molecule has 1 heterocycles. The lowest BCUT2D eigenvalue weighted by Gasteiger charge is -2.33. The highest BCUT2D eigenvalue weighted by atomic mass is 16.6. The molecule has 0 saturated heterocycles. The Morgan fingerprint density at radius 2 is 2.11 bits per heavy atom. The van der Waals surface area contributed by atoms with Gasteiger partial charge in [-0.25, -0.2) is 4.79 Å². The molecule has 0 bridgehead atoms. The molecule has 1 aliphatic heterocycles. The lowest BCUT2D eigenvalue weighted by atomic mass is 9.83. The van der Waals surface area contributed by atoms with Crippen molar-refractivity contribution in [2.75, 3.05) is 0 Å². The van der Waals surface area contributed by atoms with Crippen LogP contribution >= 0.6 is 0 Å². The molecule has 2 aliphatic rings. The second kappa shape index (κ2) is 4.57. The van der Waals surface area contributed by atoms with Crippen molar-refractivity contribution in [3.8, 4) is 0 Å². The number of aliphatic hydroxyl groups is 1. The number of aliphatic hydroxyl groups excluding tert-OH is 1. The van der Waals surface area contributed by atoms with Crippen LogP contribution in [0.15, 0.2) is 11.8 Å². The van der Waals surface area contributed by atoms with E-state index in [-0.39, 0.29) is 17.8 Å². The Labute approximate surface area is 108 Å². The molecule has 1 N–H and O–H groups in total. The summed E-state index contributed by atoms with van der Waals surface area (Å²) in [6.07, 6.45) is 2.52. The van der Waals surface area contributed by atoms with Crippen molar-refractivity contribution in [1.29, 1.82) is 0 Å². The average molecular weight is 254 g/mol. The standard InChI is InChI=1S/C14H22O4/c1-8-5-6-9-10(7-17-13(16)11(8)9)12(15)18-14(2,3)4/h7-9,11,13,16H,5-6H2,1-4H3/t8-,9+,11+,13+/m0/s1. The van der Waals surface area contributed by atoms with Crippen molar-refractivity contribution in [2.45, 2.75) is 52.4 Å². The molecule has 1 aliphatic carbocycles. The lowest BCUT2D eigenvalue weighted by molar-refractivity contribution is -0.156. The molecular formula is C14H22O4. The predicted octanol–water partition coefficient (Wildman–Crippen LogP) is 2.22. The first-order valence-electron chi connectivity index (χ1n) is 6.56. The van der Waals surface area contributed by atoms with Crippen LogP contribution in [0.1, 0.15) is 40.5 Å². The number of hydrogen-bond acceptors (Lipinski definition) is 4. The first-order valence-corrected chi connectivity index (χ1v) is 6.56. The van der Waals surface area contributed by atoms with Gasteiger partial charge in [-0.15, -0.1) is 0 Å². The van der Waals surface area contributed by atoms with E-state index in [1.54, 1.807) is 0 Å². The molecule has 4 nitrogen and oxygen atoms in total. The Kier molecular flexibility index (Phi) is 3.41.